The van der Waals surface area contributed by atoms with Gasteiger partial charge in [0.2, 0.25) is 0 Å². The van der Waals surface area contributed by atoms with Gasteiger partial charge >= 0.3 is 0 Å². The highest BCUT2D eigenvalue weighted by molar-refractivity contribution is 7.36. The average molecular weight is 183 g/mol. The first kappa shape index (κ1) is 9.54. The summed E-state index contributed by atoms with van der Waals surface area (Å²) in [5.74, 6) is 0. The number of halogens is 2. The molecule has 0 aromatic heterocycles. The Hall–Kier alpha value is 0.537. The molecule has 0 heterocycles. The Labute approximate surface area is 67.9 Å². The maximum atomic E-state index is 5.64. The second-order valence-corrected chi connectivity index (χ2v) is 6.59. The van der Waals surface area contributed by atoms with Crippen molar-refractivity contribution in [2.75, 3.05) is 0 Å². The van der Waals surface area contributed by atoms with Crippen LogP contribution in [-0.2, 0) is 0 Å². The van der Waals surface area contributed by atoms with E-state index < -0.39 is 7.42 Å². The summed E-state index contributed by atoms with van der Waals surface area (Å²) in [6, 6.07) is 0. The van der Waals surface area contributed by atoms with E-state index in [2.05, 4.69) is 13.8 Å². The van der Waals surface area contributed by atoms with E-state index in [1.54, 1.807) is 0 Å². The minimum Gasteiger partial charge on any atom is -0.145 e. The first-order valence-electron chi connectivity index (χ1n) is 3.12. The normalized spacial score (nSPS) is 12.8. The Morgan fingerprint density at radius 2 is 2.11 bits per heavy atom. The fourth-order valence-corrected chi connectivity index (χ4v) is 2.58. The van der Waals surface area contributed by atoms with E-state index in [-0.39, 0.29) is 0 Å². The van der Waals surface area contributed by atoms with Gasteiger partial charge in [0.15, 0.2) is 0 Å². The maximum absolute atomic E-state index is 5.64. The third-order valence-corrected chi connectivity index (χ3v) is 2.63. The van der Waals surface area contributed by atoms with Gasteiger partial charge in [-0.3, -0.25) is 0 Å². The molecular formula is C6H12Cl2Si. The lowest BCUT2D eigenvalue weighted by Crippen LogP contribution is -1.87. The molecule has 0 aliphatic heterocycles. The van der Waals surface area contributed by atoms with Crippen LogP contribution in [0.5, 0.6) is 0 Å². The van der Waals surface area contributed by atoms with Crippen LogP contribution in [-0.4, -0.2) is 7.42 Å². The van der Waals surface area contributed by atoms with Gasteiger partial charge in [-0.15, -0.1) is 22.2 Å². The van der Waals surface area contributed by atoms with E-state index in [0.717, 1.165) is 6.42 Å². The summed E-state index contributed by atoms with van der Waals surface area (Å²) in [7, 11) is -1.48. The zero-order valence-electron chi connectivity index (χ0n) is 5.82. The van der Waals surface area contributed by atoms with Gasteiger partial charge in [0.25, 0.3) is 7.42 Å². The second-order valence-electron chi connectivity index (χ2n) is 2.10. The van der Waals surface area contributed by atoms with Crippen molar-refractivity contribution in [3.63, 3.8) is 0 Å². The predicted octanol–water partition coefficient (Wildman–Crippen LogP) is 2.97. The topological polar surface area (TPSA) is 0 Å². The van der Waals surface area contributed by atoms with Crippen LogP contribution >= 0.6 is 22.2 Å². The molecule has 0 saturated carbocycles. The van der Waals surface area contributed by atoms with Crippen LogP contribution in [0.3, 0.4) is 0 Å². The zero-order valence-corrected chi connectivity index (χ0v) is 8.49. The number of allylic oxidation sites excluding steroid dienone is 1. The molecule has 0 aliphatic rings. The van der Waals surface area contributed by atoms with Crippen molar-refractivity contribution in [3.05, 3.63) is 11.3 Å². The number of hydrogen-bond donors (Lipinski definition) is 0. The summed E-state index contributed by atoms with van der Waals surface area (Å²) < 4.78 is 0. The van der Waals surface area contributed by atoms with Gasteiger partial charge in [0.05, 0.1) is 0 Å². The van der Waals surface area contributed by atoms with Crippen molar-refractivity contribution in [3.8, 4) is 0 Å². The molecule has 0 aromatic rings. The van der Waals surface area contributed by atoms with Gasteiger partial charge in [0.1, 0.15) is 0 Å². The smallest absolute Gasteiger partial charge is 0.145 e. The number of hydrogen-bond acceptors (Lipinski definition) is 0. The zero-order chi connectivity index (χ0) is 7.28. The third kappa shape index (κ3) is 6.42. The van der Waals surface area contributed by atoms with Crippen molar-refractivity contribution in [2.24, 2.45) is 0 Å². The molecule has 0 atom stereocenters. The molecule has 0 amide bonds. The maximum Gasteiger partial charge on any atom is 0.259 e. The van der Waals surface area contributed by atoms with E-state index >= 15 is 0 Å². The summed E-state index contributed by atoms with van der Waals surface area (Å²) in [6.45, 7) is 4.23. The molecule has 3 heteroatoms. The van der Waals surface area contributed by atoms with E-state index in [1.165, 1.54) is 12.0 Å². The summed E-state index contributed by atoms with van der Waals surface area (Å²) in [6.07, 6.45) is 2.31. The minimum atomic E-state index is -1.48. The van der Waals surface area contributed by atoms with E-state index in [0.29, 0.717) is 0 Å². The molecule has 0 aliphatic carbocycles. The lowest BCUT2D eigenvalue weighted by atomic mass is 10.2. The van der Waals surface area contributed by atoms with Crippen LogP contribution in [0.15, 0.2) is 11.3 Å². The molecule has 0 unspecified atom stereocenters. The first-order valence-corrected chi connectivity index (χ1v) is 7.28. The van der Waals surface area contributed by atoms with Crippen molar-refractivity contribution < 1.29 is 0 Å². The summed E-state index contributed by atoms with van der Waals surface area (Å²) in [4.78, 5) is 0. The second kappa shape index (κ2) is 5.33. The molecular weight excluding hydrogens is 171 g/mol. The molecule has 0 bridgehead atoms. The van der Waals surface area contributed by atoms with Crippen LogP contribution in [0, 0.1) is 0 Å². The predicted molar refractivity (Wildman–Crippen MR) is 47.5 cm³/mol. The van der Waals surface area contributed by atoms with Gasteiger partial charge in [0, 0.05) is 0 Å². The third-order valence-electron chi connectivity index (χ3n) is 1.05. The van der Waals surface area contributed by atoms with Crippen molar-refractivity contribution in [2.45, 2.75) is 26.7 Å². The minimum absolute atomic E-state index is 1.13. The van der Waals surface area contributed by atoms with Crippen molar-refractivity contribution in [1.29, 1.82) is 0 Å². The molecule has 0 saturated heterocycles. The van der Waals surface area contributed by atoms with Gasteiger partial charge in [-0.05, 0) is 13.3 Å². The fraction of sp³-hybridized carbons (Fsp3) is 0.667. The molecule has 0 spiro atoms. The Morgan fingerprint density at radius 3 is 2.44 bits per heavy atom. The molecule has 9 heavy (non-hydrogen) atoms. The molecule has 0 radical (unpaired) electrons. The van der Waals surface area contributed by atoms with Gasteiger partial charge in [-0.25, -0.2) is 0 Å². The molecule has 0 nitrogen and oxygen atoms in total. The lowest BCUT2D eigenvalue weighted by molar-refractivity contribution is 0.908. The van der Waals surface area contributed by atoms with Crippen molar-refractivity contribution in [1.82, 2.24) is 0 Å². The molecule has 0 fully saturated rings. The Balaban J connectivity index is 3.55. The largest absolute Gasteiger partial charge is 0.259 e. The lowest BCUT2D eigenvalue weighted by Gasteiger charge is -1.95. The molecule has 54 valence electrons. The fourth-order valence-electron chi connectivity index (χ4n) is 0.693. The monoisotopic (exact) mass is 182 g/mol. The highest BCUT2D eigenvalue weighted by Gasteiger charge is 1.95. The average Bonchev–Trinajstić information content (AvgIpc) is 1.63. The Morgan fingerprint density at radius 1 is 1.56 bits per heavy atom. The van der Waals surface area contributed by atoms with Gasteiger partial charge in [-0.2, -0.15) is 0 Å². The van der Waals surface area contributed by atoms with Crippen molar-refractivity contribution >= 4 is 29.6 Å². The Kier molecular flexibility index (Phi) is 5.65. The summed E-state index contributed by atoms with van der Waals surface area (Å²) in [5.41, 5.74) is 3.34. The SMILES string of the molecule is CCCC(C)=C[SiH](Cl)Cl. The van der Waals surface area contributed by atoms with Crippen LogP contribution in [0.2, 0.25) is 0 Å². The van der Waals surface area contributed by atoms with Crippen LogP contribution in [0.25, 0.3) is 0 Å². The van der Waals surface area contributed by atoms with Gasteiger partial charge in [-0.1, -0.05) is 24.6 Å². The van der Waals surface area contributed by atoms with E-state index in [9.17, 15) is 0 Å². The molecule has 0 rings (SSSR count). The molecule has 0 aromatic carbocycles. The van der Waals surface area contributed by atoms with Gasteiger partial charge < -0.3 is 0 Å². The standard InChI is InChI=1S/C6H12Cl2Si/c1-3-4-6(2)5-9(7)8/h5,9H,3-4H2,1-2H3. The van der Waals surface area contributed by atoms with Crippen LogP contribution in [0.4, 0.5) is 0 Å². The summed E-state index contributed by atoms with van der Waals surface area (Å²) >= 11 is 11.3. The first-order chi connectivity index (χ1) is 4.16. The van der Waals surface area contributed by atoms with Crippen LogP contribution < -0.4 is 0 Å². The van der Waals surface area contributed by atoms with E-state index in [4.69, 9.17) is 22.2 Å². The highest BCUT2D eigenvalue weighted by Crippen LogP contribution is 2.07. The molecule has 0 N–H and O–H groups in total. The van der Waals surface area contributed by atoms with Crippen LogP contribution in [0.1, 0.15) is 26.7 Å². The number of rotatable bonds is 3. The Bertz CT molecular complexity index is 99.2. The quantitative estimate of drug-likeness (QED) is 0.466. The summed E-state index contributed by atoms with van der Waals surface area (Å²) in [5, 5.41) is 0. The highest BCUT2D eigenvalue weighted by atomic mass is 35.7. The van der Waals surface area contributed by atoms with E-state index in [1.807, 2.05) is 5.70 Å².